The molecule has 5 heteroatoms. The molecule has 0 spiro atoms. The monoisotopic (exact) mass is 275 g/mol. The molecule has 1 aromatic heterocycles. The Hall–Kier alpha value is -0.230. The Labute approximate surface area is 94.6 Å². The van der Waals surface area contributed by atoms with Gasteiger partial charge in [0.1, 0.15) is 6.10 Å². The highest BCUT2D eigenvalue weighted by Crippen LogP contribution is 2.23. The summed E-state index contributed by atoms with van der Waals surface area (Å²) in [4.78, 5) is 11.9. The molecular formula is C9H10BrNO2S. The van der Waals surface area contributed by atoms with Gasteiger partial charge in [-0.2, -0.15) is 11.3 Å². The minimum absolute atomic E-state index is 0.0605. The number of hydrogen-bond acceptors (Lipinski definition) is 4. The average Bonchev–Trinajstić information content (AvgIpc) is 2.65. The van der Waals surface area contributed by atoms with Crippen molar-refractivity contribution in [3.05, 3.63) is 20.8 Å². The van der Waals surface area contributed by atoms with Crippen molar-refractivity contribution in [2.75, 3.05) is 19.7 Å². The molecule has 1 aliphatic heterocycles. The summed E-state index contributed by atoms with van der Waals surface area (Å²) in [5.74, 6) is 0.0605. The summed E-state index contributed by atoms with van der Waals surface area (Å²) in [5.41, 5.74) is 0.726. The summed E-state index contributed by atoms with van der Waals surface area (Å²) in [6.07, 6.45) is -0.324. The van der Waals surface area contributed by atoms with E-state index in [0.717, 1.165) is 16.6 Å². The average molecular weight is 276 g/mol. The zero-order valence-electron chi connectivity index (χ0n) is 7.46. The summed E-state index contributed by atoms with van der Waals surface area (Å²) < 4.78 is 6.25. The number of carbonyl (C=O) groups is 1. The molecule has 1 N–H and O–H groups in total. The van der Waals surface area contributed by atoms with Gasteiger partial charge >= 0.3 is 0 Å². The van der Waals surface area contributed by atoms with Crippen LogP contribution in [0.2, 0.25) is 0 Å². The Morgan fingerprint density at radius 2 is 2.50 bits per heavy atom. The number of carbonyl (C=O) groups excluding carboxylic acids is 1. The van der Waals surface area contributed by atoms with Crippen LogP contribution in [0.1, 0.15) is 10.4 Å². The Kier molecular flexibility index (Phi) is 3.33. The predicted octanol–water partition coefficient (Wildman–Crippen LogP) is 1.68. The number of rotatable bonds is 2. The molecule has 2 rings (SSSR count). The molecule has 0 saturated carbocycles. The van der Waals surface area contributed by atoms with Crippen molar-refractivity contribution in [1.82, 2.24) is 5.32 Å². The Bertz CT molecular complexity index is 333. The molecule has 1 unspecified atom stereocenters. The van der Waals surface area contributed by atoms with Gasteiger partial charge in [-0.25, -0.2) is 0 Å². The van der Waals surface area contributed by atoms with Gasteiger partial charge < -0.3 is 10.1 Å². The van der Waals surface area contributed by atoms with Gasteiger partial charge in [-0.05, 0) is 15.9 Å². The van der Waals surface area contributed by atoms with Crippen molar-refractivity contribution >= 4 is 33.0 Å². The highest BCUT2D eigenvalue weighted by atomic mass is 79.9. The van der Waals surface area contributed by atoms with Crippen LogP contribution in [0, 0.1) is 0 Å². The second-order valence-corrected chi connectivity index (χ2v) is 4.66. The van der Waals surface area contributed by atoms with E-state index in [1.54, 1.807) is 0 Å². The summed E-state index contributed by atoms with van der Waals surface area (Å²) >= 11 is 4.86. The molecule has 0 aliphatic carbocycles. The van der Waals surface area contributed by atoms with Crippen LogP contribution in [0.5, 0.6) is 0 Å². The van der Waals surface area contributed by atoms with Gasteiger partial charge in [-0.1, -0.05) is 0 Å². The molecule has 0 bridgehead atoms. The first-order chi connectivity index (χ1) is 6.79. The van der Waals surface area contributed by atoms with E-state index in [2.05, 4.69) is 21.2 Å². The molecule has 0 radical (unpaired) electrons. The number of ketones is 1. The third kappa shape index (κ3) is 2.06. The van der Waals surface area contributed by atoms with Crippen molar-refractivity contribution in [3.63, 3.8) is 0 Å². The number of ether oxygens (including phenoxy) is 1. The molecule has 1 aliphatic rings. The van der Waals surface area contributed by atoms with E-state index in [-0.39, 0.29) is 11.9 Å². The molecule has 2 heterocycles. The second kappa shape index (κ2) is 4.53. The smallest absolute Gasteiger partial charge is 0.194 e. The van der Waals surface area contributed by atoms with Gasteiger partial charge in [0.15, 0.2) is 5.78 Å². The third-order valence-corrected chi connectivity index (χ3v) is 3.80. The molecule has 76 valence electrons. The van der Waals surface area contributed by atoms with E-state index in [1.807, 2.05) is 10.8 Å². The fourth-order valence-electron chi connectivity index (χ4n) is 1.36. The van der Waals surface area contributed by atoms with Crippen LogP contribution in [-0.2, 0) is 4.74 Å². The van der Waals surface area contributed by atoms with Gasteiger partial charge in [-0.3, -0.25) is 4.79 Å². The SMILES string of the molecule is O=C(c1cscc1Br)C1CNCCO1. The number of Topliss-reactive ketones (excluding diaryl/α,β-unsaturated/α-hetero) is 1. The summed E-state index contributed by atoms with van der Waals surface area (Å²) in [6, 6.07) is 0. The summed E-state index contributed by atoms with van der Waals surface area (Å²) in [7, 11) is 0. The fraction of sp³-hybridized carbons (Fsp3) is 0.444. The third-order valence-electron chi connectivity index (χ3n) is 2.10. The van der Waals surface area contributed by atoms with Crippen LogP contribution in [0.4, 0.5) is 0 Å². The van der Waals surface area contributed by atoms with Gasteiger partial charge in [-0.15, -0.1) is 0 Å². The zero-order valence-corrected chi connectivity index (χ0v) is 9.86. The van der Waals surface area contributed by atoms with E-state index in [1.165, 1.54) is 11.3 Å². The lowest BCUT2D eigenvalue weighted by Crippen LogP contribution is -2.43. The second-order valence-electron chi connectivity index (χ2n) is 3.06. The van der Waals surface area contributed by atoms with Crippen molar-refractivity contribution in [1.29, 1.82) is 0 Å². The van der Waals surface area contributed by atoms with Crippen molar-refractivity contribution in [2.24, 2.45) is 0 Å². The topological polar surface area (TPSA) is 38.3 Å². The first-order valence-corrected chi connectivity index (χ1v) is 6.11. The molecule has 3 nitrogen and oxygen atoms in total. The molecule has 1 aromatic rings. The van der Waals surface area contributed by atoms with Gasteiger partial charge in [0.2, 0.25) is 0 Å². The summed E-state index contributed by atoms with van der Waals surface area (Å²) in [6.45, 7) is 2.05. The van der Waals surface area contributed by atoms with E-state index < -0.39 is 0 Å². The molecule has 1 saturated heterocycles. The fourth-order valence-corrected chi connectivity index (χ4v) is 2.84. The maximum atomic E-state index is 11.9. The molecule has 0 amide bonds. The van der Waals surface area contributed by atoms with Crippen LogP contribution in [0.25, 0.3) is 0 Å². The maximum absolute atomic E-state index is 11.9. The molecule has 1 fully saturated rings. The molecule has 0 aromatic carbocycles. The first-order valence-electron chi connectivity index (χ1n) is 4.37. The van der Waals surface area contributed by atoms with Crippen LogP contribution in [0.3, 0.4) is 0 Å². The number of halogens is 1. The lowest BCUT2D eigenvalue weighted by molar-refractivity contribution is 0.0269. The van der Waals surface area contributed by atoms with Crippen LogP contribution in [0.15, 0.2) is 15.2 Å². The molecular weight excluding hydrogens is 266 g/mol. The number of thiophene rings is 1. The van der Waals surface area contributed by atoms with Gasteiger partial charge in [0.05, 0.1) is 6.61 Å². The van der Waals surface area contributed by atoms with Crippen LogP contribution < -0.4 is 5.32 Å². The lowest BCUT2D eigenvalue weighted by Gasteiger charge is -2.22. The highest BCUT2D eigenvalue weighted by molar-refractivity contribution is 9.10. The van der Waals surface area contributed by atoms with Crippen molar-refractivity contribution in [3.8, 4) is 0 Å². The van der Waals surface area contributed by atoms with E-state index in [0.29, 0.717) is 13.2 Å². The highest BCUT2D eigenvalue weighted by Gasteiger charge is 2.24. The Morgan fingerprint density at radius 1 is 1.64 bits per heavy atom. The van der Waals surface area contributed by atoms with Gasteiger partial charge in [0.25, 0.3) is 0 Å². The molecule has 1 atom stereocenters. The quantitative estimate of drug-likeness (QED) is 0.835. The summed E-state index contributed by atoms with van der Waals surface area (Å²) in [5, 5.41) is 6.90. The van der Waals surface area contributed by atoms with Gasteiger partial charge in [0, 0.05) is 33.9 Å². The normalized spacial score (nSPS) is 22.2. The predicted molar refractivity (Wildman–Crippen MR) is 59.0 cm³/mol. The number of nitrogens with one attached hydrogen (secondary N) is 1. The zero-order chi connectivity index (χ0) is 9.97. The maximum Gasteiger partial charge on any atom is 0.194 e. The van der Waals surface area contributed by atoms with Crippen molar-refractivity contribution < 1.29 is 9.53 Å². The number of morpholine rings is 1. The van der Waals surface area contributed by atoms with Crippen molar-refractivity contribution in [2.45, 2.75) is 6.10 Å². The minimum Gasteiger partial charge on any atom is -0.367 e. The Balaban J connectivity index is 2.11. The number of hydrogen-bond donors (Lipinski definition) is 1. The van der Waals surface area contributed by atoms with E-state index in [9.17, 15) is 4.79 Å². The lowest BCUT2D eigenvalue weighted by atomic mass is 10.1. The van der Waals surface area contributed by atoms with Crippen LogP contribution >= 0.6 is 27.3 Å². The Morgan fingerprint density at radius 3 is 3.07 bits per heavy atom. The van der Waals surface area contributed by atoms with E-state index in [4.69, 9.17) is 4.74 Å². The first kappa shape index (κ1) is 10.3. The van der Waals surface area contributed by atoms with E-state index >= 15 is 0 Å². The largest absolute Gasteiger partial charge is 0.367 e. The molecule has 14 heavy (non-hydrogen) atoms. The van der Waals surface area contributed by atoms with Crippen LogP contribution in [-0.4, -0.2) is 31.6 Å². The standard InChI is InChI=1S/C9H10BrNO2S/c10-7-5-14-4-6(7)9(12)8-3-11-1-2-13-8/h4-5,8,11H,1-3H2. The minimum atomic E-state index is -0.324.